The molecule has 0 spiro atoms. The van der Waals surface area contributed by atoms with Gasteiger partial charge in [-0.2, -0.15) is 0 Å². The first-order chi connectivity index (χ1) is 4.59. The summed E-state index contributed by atoms with van der Waals surface area (Å²) in [6.45, 7) is 4.75. The summed E-state index contributed by atoms with van der Waals surface area (Å²) in [6.07, 6.45) is 0. The SMILES string of the molecule is C=C(C(=O)O)C(=O)OCC. The molecule has 0 fully saturated rings. The van der Waals surface area contributed by atoms with Crippen molar-refractivity contribution in [3.05, 3.63) is 12.2 Å². The van der Waals surface area contributed by atoms with Crippen LogP contribution in [0, 0.1) is 0 Å². The first kappa shape index (κ1) is 8.68. The van der Waals surface area contributed by atoms with Crippen LogP contribution in [0.25, 0.3) is 0 Å². The highest BCUT2D eigenvalue weighted by molar-refractivity contribution is 6.12. The molecule has 56 valence electrons. The molecular formula is C6H8O4. The molecule has 0 bridgehead atoms. The third-order valence-electron chi connectivity index (χ3n) is 0.780. The second-order valence-electron chi connectivity index (χ2n) is 1.50. The topological polar surface area (TPSA) is 63.6 Å². The van der Waals surface area contributed by atoms with Crippen molar-refractivity contribution in [2.45, 2.75) is 6.92 Å². The van der Waals surface area contributed by atoms with E-state index in [0.717, 1.165) is 0 Å². The van der Waals surface area contributed by atoms with E-state index >= 15 is 0 Å². The highest BCUT2D eigenvalue weighted by atomic mass is 16.5. The van der Waals surface area contributed by atoms with Crippen LogP contribution in [0.2, 0.25) is 0 Å². The molecule has 0 heterocycles. The van der Waals surface area contributed by atoms with E-state index < -0.39 is 17.5 Å². The fraction of sp³-hybridized carbons (Fsp3) is 0.333. The molecule has 0 rings (SSSR count). The Morgan fingerprint density at radius 2 is 2.10 bits per heavy atom. The van der Waals surface area contributed by atoms with Crippen molar-refractivity contribution in [3.63, 3.8) is 0 Å². The fourth-order valence-corrected chi connectivity index (χ4v) is 0.306. The molecule has 0 aliphatic rings. The van der Waals surface area contributed by atoms with Gasteiger partial charge in [0.1, 0.15) is 5.57 Å². The maximum atomic E-state index is 10.5. The Morgan fingerprint density at radius 3 is 2.40 bits per heavy atom. The molecule has 0 aromatic rings. The van der Waals surface area contributed by atoms with Crippen molar-refractivity contribution >= 4 is 11.9 Å². The lowest BCUT2D eigenvalue weighted by molar-refractivity contribution is -0.143. The predicted octanol–water partition coefficient (Wildman–Crippen LogP) is 0.190. The summed E-state index contributed by atoms with van der Waals surface area (Å²) >= 11 is 0. The third kappa shape index (κ3) is 2.30. The van der Waals surface area contributed by atoms with E-state index in [1.807, 2.05) is 0 Å². The molecule has 0 radical (unpaired) electrons. The summed E-state index contributed by atoms with van der Waals surface area (Å²) in [5, 5.41) is 8.18. The zero-order valence-electron chi connectivity index (χ0n) is 5.59. The molecule has 4 heteroatoms. The highest BCUT2D eigenvalue weighted by Gasteiger charge is 2.14. The van der Waals surface area contributed by atoms with E-state index in [0.29, 0.717) is 0 Å². The van der Waals surface area contributed by atoms with Gasteiger partial charge in [0, 0.05) is 0 Å². The fourth-order valence-electron chi connectivity index (χ4n) is 0.306. The Labute approximate surface area is 58.1 Å². The first-order valence-electron chi connectivity index (χ1n) is 2.69. The third-order valence-corrected chi connectivity index (χ3v) is 0.780. The van der Waals surface area contributed by atoms with E-state index in [4.69, 9.17) is 5.11 Å². The van der Waals surface area contributed by atoms with E-state index in [9.17, 15) is 9.59 Å². The minimum Gasteiger partial charge on any atom is -0.477 e. The number of rotatable bonds is 3. The quantitative estimate of drug-likeness (QED) is 0.266. The number of hydrogen-bond donors (Lipinski definition) is 1. The van der Waals surface area contributed by atoms with Gasteiger partial charge >= 0.3 is 11.9 Å². The van der Waals surface area contributed by atoms with E-state index in [1.165, 1.54) is 0 Å². The van der Waals surface area contributed by atoms with Crippen molar-refractivity contribution in [3.8, 4) is 0 Å². The number of carbonyl (C=O) groups is 2. The van der Waals surface area contributed by atoms with Gasteiger partial charge in [0.05, 0.1) is 6.61 Å². The number of ether oxygens (including phenoxy) is 1. The molecule has 0 amide bonds. The van der Waals surface area contributed by atoms with Gasteiger partial charge in [0.15, 0.2) is 0 Å². The van der Waals surface area contributed by atoms with Crippen molar-refractivity contribution in [2.24, 2.45) is 0 Å². The molecule has 1 N–H and O–H groups in total. The lowest BCUT2D eigenvalue weighted by atomic mass is 10.3. The molecule has 10 heavy (non-hydrogen) atoms. The predicted molar refractivity (Wildman–Crippen MR) is 33.4 cm³/mol. The van der Waals surface area contributed by atoms with E-state index in [1.54, 1.807) is 6.92 Å². The van der Waals surface area contributed by atoms with Gasteiger partial charge in [-0.05, 0) is 6.92 Å². The van der Waals surface area contributed by atoms with Crippen LogP contribution >= 0.6 is 0 Å². The van der Waals surface area contributed by atoms with Crippen molar-refractivity contribution < 1.29 is 19.4 Å². The van der Waals surface area contributed by atoms with Crippen LogP contribution in [0.15, 0.2) is 12.2 Å². The Hall–Kier alpha value is -1.32. The van der Waals surface area contributed by atoms with Crippen LogP contribution < -0.4 is 0 Å². The minimum atomic E-state index is -1.35. The molecule has 0 aromatic heterocycles. The number of carboxylic acid groups (broad SMARTS) is 1. The lowest BCUT2D eigenvalue weighted by Crippen LogP contribution is -2.13. The highest BCUT2D eigenvalue weighted by Crippen LogP contribution is 1.93. The molecule has 0 aromatic carbocycles. The molecule has 4 nitrogen and oxygen atoms in total. The van der Waals surface area contributed by atoms with Gasteiger partial charge in [-0.3, -0.25) is 0 Å². The number of hydrogen-bond acceptors (Lipinski definition) is 3. The number of carbonyl (C=O) groups excluding carboxylic acids is 1. The van der Waals surface area contributed by atoms with Crippen LogP contribution in [-0.2, 0) is 14.3 Å². The summed E-state index contributed by atoms with van der Waals surface area (Å²) in [7, 11) is 0. The van der Waals surface area contributed by atoms with Gasteiger partial charge < -0.3 is 9.84 Å². The van der Waals surface area contributed by atoms with Gasteiger partial charge in [-0.1, -0.05) is 6.58 Å². The van der Waals surface area contributed by atoms with E-state index in [-0.39, 0.29) is 6.61 Å². The van der Waals surface area contributed by atoms with Gasteiger partial charge in [-0.25, -0.2) is 9.59 Å². The molecule has 0 saturated carbocycles. The number of carboxylic acids is 1. The Balaban J connectivity index is 3.96. The first-order valence-corrected chi connectivity index (χ1v) is 2.69. The normalized spacial score (nSPS) is 8.50. The second kappa shape index (κ2) is 3.66. The van der Waals surface area contributed by atoms with Crippen LogP contribution in [0.3, 0.4) is 0 Å². The Bertz CT molecular complexity index is 171. The van der Waals surface area contributed by atoms with Gasteiger partial charge in [0.2, 0.25) is 0 Å². The zero-order valence-corrected chi connectivity index (χ0v) is 5.59. The monoisotopic (exact) mass is 144 g/mol. The maximum Gasteiger partial charge on any atom is 0.344 e. The number of esters is 1. The smallest absolute Gasteiger partial charge is 0.344 e. The van der Waals surface area contributed by atoms with Crippen molar-refractivity contribution in [1.29, 1.82) is 0 Å². The molecule has 0 atom stereocenters. The summed E-state index contributed by atoms with van der Waals surface area (Å²) < 4.78 is 4.35. The maximum absolute atomic E-state index is 10.5. The summed E-state index contributed by atoms with van der Waals surface area (Å²) in [5.41, 5.74) is -0.540. The Kier molecular flexibility index (Phi) is 3.17. The van der Waals surface area contributed by atoms with Crippen LogP contribution in [-0.4, -0.2) is 23.7 Å². The zero-order chi connectivity index (χ0) is 8.15. The second-order valence-corrected chi connectivity index (χ2v) is 1.50. The lowest BCUT2D eigenvalue weighted by Gasteiger charge is -1.98. The summed E-state index contributed by atoms with van der Waals surface area (Å²) in [6, 6.07) is 0. The summed E-state index contributed by atoms with van der Waals surface area (Å²) in [5.74, 6) is -2.23. The largest absolute Gasteiger partial charge is 0.477 e. The van der Waals surface area contributed by atoms with Crippen molar-refractivity contribution in [2.75, 3.05) is 6.61 Å². The molecule has 0 saturated heterocycles. The van der Waals surface area contributed by atoms with Crippen LogP contribution in [0.5, 0.6) is 0 Å². The van der Waals surface area contributed by atoms with E-state index in [2.05, 4.69) is 11.3 Å². The molecular weight excluding hydrogens is 136 g/mol. The molecule has 0 aliphatic carbocycles. The van der Waals surface area contributed by atoms with Gasteiger partial charge in [-0.15, -0.1) is 0 Å². The summed E-state index contributed by atoms with van der Waals surface area (Å²) in [4.78, 5) is 20.5. The average Bonchev–Trinajstić information content (AvgIpc) is 1.87. The van der Waals surface area contributed by atoms with Gasteiger partial charge in [0.25, 0.3) is 0 Å². The van der Waals surface area contributed by atoms with Crippen molar-refractivity contribution in [1.82, 2.24) is 0 Å². The standard InChI is InChI=1S/C6H8O4/c1-3-10-6(9)4(2)5(7)8/h2-3H2,1H3,(H,7,8). The molecule has 0 unspecified atom stereocenters. The molecule has 0 aliphatic heterocycles. The number of aliphatic carboxylic acids is 1. The average molecular weight is 144 g/mol. The Morgan fingerprint density at radius 1 is 1.60 bits per heavy atom. The van der Waals surface area contributed by atoms with Crippen LogP contribution in [0.4, 0.5) is 0 Å². The van der Waals surface area contributed by atoms with Crippen LogP contribution in [0.1, 0.15) is 6.92 Å². The minimum absolute atomic E-state index is 0.158.